The van der Waals surface area contributed by atoms with E-state index < -0.39 is 0 Å². The highest BCUT2D eigenvalue weighted by Gasteiger charge is 2.47. The zero-order chi connectivity index (χ0) is 30.3. The largest absolute Gasteiger partial charge is 0.347 e. The number of carbonyl (C=O) groups is 1. The molecule has 0 saturated heterocycles. The van der Waals surface area contributed by atoms with Gasteiger partial charge in [-0.25, -0.2) is 0 Å². The highest BCUT2D eigenvalue weighted by Crippen LogP contribution is 2.51. The van der Waals surface area contributed by atoms with Crippen molar-refractivity contribution in [3.8, 4) is 0 Å². The summed E-state index contributed by atoms with van der Waals surface area (Å²) in [6.45, 7) is 14.5. The van der Waals surface area contributed by atoms with Crippen LogP contribution in [0.1, 0.15) is 65.5 Å². The first-order valence-electron chi connectivity index (χ1n) is 15.7. The molecule has 0 saturated carbocycles. The minimum atomic E-state index is -0.222. The van der Waals surface area contributed by atoms with Crippen molar-refractivity contribution in [2.75, 3.05) is 18.5 Å². The second kappa shape index (κ2) is 9.64. The molecule has 2 heterocycles. The lowest BCUT2D eigenvalue weighted by atomic mass is 9.74. The second-order valence-electron chi connectivity index (χ2n) is 13.5. The van der Waals surface area contributed by atoms with Crippen LogP contribution in [0.25, 0.3) is 21.5 Å². The Morgan fingerprint density at radius 1 is 0.791 bits per heavy atom. The van der Waals surface area contributed by atoms with Crippen LogP contribution in [0.2, 0.25) is 0 Å². The summed E-state index contributed by atoms with van der Waals surface area (Å²) >= 11 is 0. The molecule has 0 spiro atoms. The van der Waals surface area contributed by atoms with E-state index in [-0.39, 0.29) is 16.6 Å². The Morgan fingerprint density at radius 3 is 2.07 bits per heavy atom. The molecule has 3 aliphatic rings. The van der Waals surface area contributed by atoms with Crippen molar-refractivity contribution in [1.82, 2.24) is 0 Å². The third-order valence-corrected chi connectivity index (χ3v) is 10.2. The number of hydrogen-bond acceptors (Lipinski definition) is 2. The molecule has 1 aliphatic carbocycles. The first kappa shape index (κ1) is 27.6. The molecule has 3 nitrogen and oxygen atoms in total. The summed E-state index contributed by atoms with van der Waals surface area (Å²) in [5, 5.41) is 5.10. The standard InChI is InChI=1S/C40H41N2O/c1-8-9-22-42-33-21-19-27-15-11-13-17-29(27)37(33)40(5,6)35(42)24-31-25(2)30(38(31)43)23-34-39(3,4)36-28-16-12-10-14-26(28)18-20-32(36)41(34)7/h10-21,23-24H,8-9,22H2,1-7H3/q+1. The molecule has 0 N–H and O–H groups in total. The molecular formula is C40H41N2O+. The quantitative estimate of drug-likeness (QED) is 0.178. The fraction of sp³-hybridized carbons (Fsp3) is 0.300. The lowest BCUT2D eigenvalue weighted by Crippen LogP contribution is -2.31. The van der Waals surface area contributed by atoms with Crippen molar-refractivity contribution in [2.24, 2.45) is 0 Å². The van der Waals surface area contributed by atoms with Gasteiger partial charge in [0.2, 0.25) is 5.69 Å². The predicted molar refractivity (Wildman–Crippen MR) is 181 cm³/mol. The number of rotatable bonds is 5. The highest BCUT2D eigenvalue weighted by atomic mass is 16.1. The molecule has 43 heavy (non-hydrogen) atoms. The van der Waals surface area contributed by atoms with Gasteiger partial charge in [-0.1, -0.05) is 81.8 Å². The fourth-order valence-electron chi connectivity index (χ4n) is 7.89. The van der Waals surface area contributed by atoms with Crippen LogP contribution in [0.4, 0.5) is 11.4 Å². The molecule has 7 rings (SSSR count). The summed E-state index contributed by atoms with van der Waals surface area (Å²) in [5.41, 5.74) is 9.90. The van der Waals surface area contributed by atoms with Crippen molar-refractivity contribution < 1.29 is 9.37 Å². The van der Waals surface area contributed by atoms with Crippen molar-refractivity contribution in [2.45, 2.75) is 65.2 Å². The number of likely N-dealkylation sites (N-methyl/N-ethyl adjacent to an activating group) is 1. The molecule has 0 amide bonds. The molecule has 0 bridgehead atoms. The maximum Gasteiger partial charge on any atom is 0.210 e. The van der Waals surface area contributed by atoms with Crippen molar-refractivity contribution in [3.05, 3.63) is 118 Å². The monoisotopic (exact) mass is 565 g/mol. The second-order valence-corrected chi connectivity index (χ2v) is 13.5. The third-order valence-electron chi connectivity index (χ3n) is 10.2. The Balaban J connectivity index is 1.32. The summed E-state index contributed by atoms with van der Waals surface area (Å²) in [5.74, 6) is 0.148. The van der Waals surface area contributed by atoms with Crippen molar-refractivity contribution in [3.63, 3.8) is 0 Å². The number of nitrogens with zero attached hydrogens (tertiary/aromatic N) is 2. The van der Waals surface area contributed by atoms with E-state index in [1.54, 1.807) is 0 Å². The summed E-state index contributed by atoms with van der Waals surface area (Å²) in [6.07, 6.45) is 6.59. The molecule has 216 valence electrons. The Morgan fingerprint density at radius 2 is 1.42 bits per heavy atom. The maximum atomic E-state index is 13.9. The van der Waals surface area contributed by atoms with Crippen LogP contribution in [0.15, 0.2) is 107 Å². The molecular weight excluding hydrogens is 524 g/mol. The van der Waals surface area contributed by atoms with Crippen LogP contribution < -0.4 is 4.90 Å². The number of anilines is 1. The predicted octanol–water partition coefficient (Wildman–Crippen LogP) is 9.31. The number of unbranched alkanes of at least 4 members (excludes halogenated alkanes) is 1. The van der Waals surface area contributed by atoms with Gasteiger partial charge in [-0.15, -0.1) is 0 Å². The summed E-state index contributed by atoms with van der Waals surface area (Å²) in [6, 6.07) is 26.3. The third kappa shape index (κ3) is 3.87. The van der Waals surface area contributed by atoms with Crippen LogP contribution in [0.3, 0.4) is 0 Å². The van der Waals surface area contributed by atoms with Gasteiger partial charge in [-0.3, -0.25) is 4.79 Å². The van der Waals surface area contributed by atoms with E-state index in [9.17, 15) is 4.79 Å². The number of allylic oxidation sites excluding steroid dienone is 6. The molecule has 0 fully saturated rings. The minimum absolute atomic E-state index is 0.148. The molecule has 2 aliphatic heterocycles. The number of Topliss-reactive ketones (excluding diaryl/α,β-unsaturated/α-hetero) is 1. The summed E-state index contributed by atoms with van der Waals surface area (Å²) < 4.78 is 2.48. The molecule has 4 aromatic rings. The van der Waals surface area contributed by atoms with Gasteiger partial charge in [0.25, 0.3) is 0 Å². The van der Waals surface area contributed by atoms with Gasteiger partial charge >= 0.3 is 0 Å². The Bertz CT molecular complexity index is 2000. The van der Waals surface area contributed by atoms with E-state index in [0.29, 0.717) is 0 Å². The van der Waals surface area contributed by atoms with Gasteiger partial charge in [-0.2, -0.15) is 4.58 Å². The van der Waals surface area contributed by atoms with Gasteiger partial charge in [0.05, 0.1) is 5.41 Å². The van der Waals surface area contributed by atoms with Gasteiger partial charge in [0.1, 0.15) is 6.54 Å². The van der Waals surface area contributed by atoms with E-state index in [0.717, 1.165) is 41.8 Å². The molecule has 3 heteroatoms. The van der Waals surface area contributed by atoms with Crippen LogP contribution >= 0.6 is 0 Å². The van der Waals surface area contributed by atoms with Gasteiger partial charge in [0, 0.05) is 59.1 Å². The minimum Gasteiger partial charge on any atom is -0.347 e. The Labute approximate surface area is 255 Å². The number of ketones is 1. The van der Waals surface area contributed by atoms with Crippen LogP contribution in [0.5, 0.6) is 0 Å². The lowest BCUT2D eigenvalue weighted by molar-refractivity contribution is -0.438. The van der Waals surface area contributed by atoms with E-state index in [4.69, 9.17) is 0 Å². The summed E-state index contributed by atoms with van der Waals surface area (Å²) in [7, 11) is 2.13. The van der Waals surface area contributed by atoms with E-state index in [1.807, 2.05) is 0 Å². The first-order chi connectivity index (χ1) is 20.6. The van der Waals surface area contributed by atoms with Crippen LogP contribution in [0, 0.1) is 0 Å². The van der Waals surface area contributed by atoms with Crippen molar-refractivity contribution in [1.29, 1.82) is 0 Å². The first-order valence-corrected chi connectivity index (χ1v) is 15.7. The molecule has 0 radical (unpaired) electrons. The number of benzene rings is 4. The number of hydrogen-bond donors (Lipinski definition) is 0. The smallest absolute Gasteiger partial charge is 0.210 e. The zero-order valence-corrected chi connectivity index (χ0v) is 26.5. The highest BCUT2D eigenvalue weighted by molar-refractivity contribution is 6.25. The number of fused-ring (bicyclic) bond motifs is 6. The average molecular weight is 566 g/mol. The Kier molecular flexibility index (Phi) is 6.18. The van der Waals surface area contributed by atoms with E-state index >= 15 is 0 Å². The average Bonchev–Trinajstić information content (AvgIpc) is 3.34. The maximum absolute atomic E-state index is 13.9. The fourth-order valence-corrected chi connectivity index (χ4v) is 7.89. The van der Waals surface area contributed by atoms with E-state index in [2.05, 4.69) is 143 Å². The van der Waals surface area contributed by atoms with Gasteiger partial charge in [-0.05, 0) is 71.7 Å². The van der Waals surface area contributed by atoms with Gasteiger partial charge < -0.3 is 4.90 Å². The van der Waals surface area contributed by atoms with Crippen LogP contribution in [-0.2, 0) is 15.6 Å². The van der Waals surface area contributed by atoms with Crippen LogP contribution in [-0.4, -0.2) is 29.7 Å². The van der Waals surface area contributed by atoms with E-state index in [1.165, 1.54) is 49.8 Å². The summed E-state index contributed by atoms with van der Waals surface area (Å²) in [4.78, 5) is 16.2. The normalized spacial score (nSPS) is 20.5. The molecule has 0 atom stereocenters. The molecule has 4 aromatic carbocycles. The topological polar surface area (TPSA) is 23.3 Å². The van der Waals surface area contributed by atoms with Gasteiger partial charge in [0.15, 0.2) is 11.5 Å². The number of carbonyl (C=O) groups excluding carboxylic acids is 1. The molecule has 0 aromatic heterocycles. The Hall–Kier alpha value is -4.24. The SMILES string of the molecule is CCCC[N+]1=C(C=C2C(=O)C(C=C3N(C)c4ccc5ccccc5c4C3(C)C)=C2C)C(C)(C)c2c1ccc1ccccc21. The molecule has 0 unspecified atom stereocenters. The lowest BCUT2D eigenvalue weighted by Gasteiger charge is -2.28. The van der Waals surface area contributed by atoms with Crippen molar-refractivity contribution >= 4 is 44.4 Å². The zero-order valence-electron chi connectivity index (χ0n) is 26.5.